The second-order valence-electron chi connectivity index (χ2n) is 7.76. The third-order valence-corrected chi connectivity index (χ3v) is 5.26. The molecular formula is C22H30N2O2. The Morgan fingerprint density at radius 1 is 0.692 bits per heavy atom. The predicted molar refractivity (Wildman–Crippen MR) is 105 cm³/mol. The first kappa shape index (κ1) is 18.7. The number of aromatic hydroxyl groups is 2. The average molecular weight is 354 g/mol. The van der Waals surface area contributed by atoms with E-state index in [1.807, 2.05) is 27.7 Å². The number of aryl methyl sites for hydroxylation is 4. The zero-order valence-electron chi connectivity index (χ0n) is 16.3. The van der Waals surface area contributed by atoms with Gasteiger partial charge in [0.1, 0.15) is 11.5 Å². The number of phenols is 2. The van der Waals surface area contributed by atoms with E-state index in [1.165, 1.54) is 11.1 Å². The summed E-state index contributed by atoms with van der Waals surface area (Å²) in [6.45, 7) is 12.8. The fraction of sp³-hybridized carbons (Fsp3) is 0.455. The summed E-state index contributed by atoms with van der Waals surface area (Å²) in [5.74, 6) is 0.819. The zero-order chi connectivity index (χ0) is 18.8. The van der Waals surface area contributed by atoms with Crippen LogP contribution >= 0.6 is 0 Å². The van der Waals surface area contributed by atoms with Crippen molar-refractivity contribution >= 4 is 0 Å². The second-order valence-corrected chi connectivity index (χ2v) is 7.76. The van der Waals surface area contributed by atoms with Crippen LogP contribution < -0.4 is 0 Å². The Morgan fingerprint density at radius 3 is 1.38 bits per heavy atom. The Morgan fingerprint density at radius 2 is 1.04 bits per heavy atom. The first-order chi connectivity index (χ1) is 12.3. The van der Waals surface area contributed by atoms with Gasteiger partial charge >= 0.3 is 0 Å². The Hall–Kier alpha value is -2.04. The number of benzene rings is 2. The first-order valence-electron chi connectivity index (χ1n) is 9.36. The van der Waals surface area contributed by atoms with E-state index >= 15 is 0 Å². The second kappa shape index (κ2) is 7.68. The van der Waals surface area contributed by atoms with Crippen molar-refractivity contribution in [3.8, 4) is 11.5 Å². The molecule has 0 unspecified atom stereocenters. The summed E-state index contributed by atoms with van der Waals surface area (Å²) in [7, 11) is 0. The lowest BCUT2D eigenvalue weighted by molar-refractivity contribution is 0.0745. The zero-order valence-corrected chi connectivity index (χ0v) is 16.3. The van der Waals surface area contributed by atoms with Gasteiger partial charge in [0.25, 0.3) is 0 Å². The highest BCUT2D eigenvalue weighted by molar-refractivity contribution is 5.43. The van der Waals surface area contributed by atoms with Crippen molar-refractivity contribution in [3.05, 3.63) is 57.6 Å². The minimum atomic E-state index is 0.409. The van der Waals surface area contributed by atoms with Crippen LogP contribution in [0.1, 0.15) is 39.8 Å². The molecule has 2 aromatic carbocycles. The molecule has 0 amide bonds. The van der Waals surface area contributed by atoms with Gasteiger partial charge in [0.2, 0.25) is 0 Å². The lowest BCUT2D eigenvalue weighted by Crippen LogP contribution is -2.43. The number of rotatable bonds is 4. The van der Waals surface area contributed by atoms with Crippen molar-refractivity contribution in [1.29, 1.82) is 0 Å². The van der Waals surface area contributed by atoms with E-state index in [0.717, 1.165) is 61.5 Å². The summed E-state index contributed by atoms with van der Waals surface area (Å²) >= 11 is 0. The van der Waals surface area contributed by atoms with Crippen LogP contribution in [0, 0.1) is 27.7 Å². The van der Waals surface area contributed by atoms with E-state index in [2.05, 4.69) is 34.1 Å². The smallest absolute Gasteiger partial charge is 0.121 e. The lowest BCUT2D eigenvalue weighted by Gasteiger charge is -2.36. The maximum absolute atomic E-state index is 9.97. The lowest BCUT2D eigenvalue weighted by atomic mass is 10.0. The summed E-state index contributed by atoms with van der Waals surface area (Å²) in [5, 5.41) is 19.9. The van der Waals surface area contributed by atoms with Gasteiger partial charge in [-0.25, -0.2) is 0 Å². The molecular weight excluding hydrogens is 324 g/mol. The van der Waals surface area contributed by atoms with Gasteiger partial charge in [-0.2, -0.15) is 0 Å². The van der Waals surface area contributed by atoms with Crippen LogP contribution in [0.15, 0.2) is 24.3 Å². The van der Waals surface area contributed by atoms with Crippen LogP contribution in [-0.4, -0.2) is 39.8 Å². The monoisotopic (exact) mass is 354 g/mol. The summed E-state index contributed by atoms with van der Waals surface area (Å²) in [5.41, 5.74) is 6.31. The Kier molecular flexibility index (Phi) is 5.54. The topological polar surface area (TPSA) is 46.9 Å². The van der Waals surface area contributed by atoms with E-state index in [1.54, 1.807) is 0 Å². The molecule has 0 atom stereocenters. The molecule has 1 fully saturated rings. The van der Waals surface area contributed by atoms with Gasteiger partial charge in [-0.1, -0.05) is 24.3 Å². The Bertz CT molecular complexity index is 689. The molecule has 2 aromatic rings. The normalized spacial score (nSPS) is 16.2. The maximum Gasteiger partial charge on any atom is 0.121 e. The first-order valence-corrected chi connectivity index (χ1v) is 9.36. The van der Waals surface area contributed by atoms with Gasteiger partial charge < -0.3 is 10.2 Å². The molecule has 4 nitrogen and oxygen atoms in total. The predicted octanol–water partition coefficient (Wildman–Crippen LogP) is 4.00. The molecule has 4 heteroatoms. The van der Waals surface area contributed by atoms with Crippen molar-refractivity contribution in [2.75, 3.05) is 19.8 Å². The molecule has 1 aliphatic heterocycles. The van der Waals surface area contributed by atoms with Crippen LogP contribution in [0.2, 0.25) is 0 Å². The SMILES string of the molecule is Cc1cc(CN2CCCN(Cc3cc(C)c(O)c(C)c3)C2)cc(C)c1O. The average Bonchev–Trinajstić information content (AvgIpc) is 2.58. The number of nitrogens with zero attached hydrogens (tertiary/aromatic N) is 2. The van der Waals surface area contributed by atoms with Gasteiger partial charge in [0, 0.05) is 26.2 Å². The van der Waals surface area contributed by atoms with Crippen LogP contribution in [0.3, 0.4) is 0 Å². The van der Waals surface area contributed by atoms with Crippen molar-refractivity contribution in [2.45, 2.75) is 47.2 Å². The maximum atomic E-state index is 9.97. The highest BCUT2D eigenvalue weighted by atomic mass is 16.3. The standard InChI is InChI=1S/C22H30N2O2/c1-15-8-19(9-16(2)21(15)25)12-23-6-5-7-24(14-23)13-20-10-17(3)22(26)18(4)11-20/h8-11,25-26H,5-7,12-14H2,1-4H3. The Balaban J connectivity index is 1.66. The van der Waals surface area contributed by atoms with Crippen LogP contribution in [-0.2, 0) is 13.1 Å². The number of phenolic OH excluding ortho intramolecular Hbond substituents is 2. The summed E-state index contributed by atoms with van der Waals surface area (Å²) in [6.07, 6.45) is 1.16. The molecule has 1 saturated heterocycles. The third-order valence-electron chi connectivity index (χ3n) is 5.26. The largest absolute Gasteiger partial charge is 0.507 e. The fourth-order valence-electron chi connectivity index (χ4n) is 3.99. The molecule has 3 rings (SSSR count). The van der Waals surface area contributed by atoms with E-state index in [9.17, 15) is 10.2 Å². The minimum Gasteiger partial charge on any atom is -0.507 e. The van der Waals surface area contributed by atoms with E-state index in [0.29, 0.717) is 11.5 Å². The van der Waals surface area contributed by atoms with Crippen molar-refractivity contribution in [1.82, 2.24) is 9.80 Å². The molecule has 140 valence electrons. The van der Waals surface area contributed by atoms with Crippen LogP contribution in [0.4, 0.5) is 0 Å². The van der Waals surface area contributed by atoms with E-state index in [-0.39, 0.29) is 0 Å². The quantitative estimate of drug-likeness (QED) is 0.871. The van der Waals surface area contributed by atoms with Gasteiger partial charge in [-0.3, -0.25) is 9.80 Å². The molecule has 1 heterocycles. The fourth-order valence-corrected chi connectivity index (χ4v) is 3.99. The van der Waals surface area contributed by atoms with Crippen LogP contribution in [0.25, 0.3) is 0 Å². The summed E-state index contributed by atoms with van der Waals surface area (Å²) < 4.78 is 0. The molecule has 2 N–H and O–H groups in total. The highest BCUT2D eigenvalue weighted by Gasteiger charge is 2.19. The minimum absolute atomic E-state index is 0.409. The van der Waals surface area contributed by atoms with Crippen LogP contribution in [0.5, 0.6) is 11.5 Å². The van der Waals surface area contributed by atoms with Crippen molar-refractivity contribution in [3.63, 3.8) is 0 Å². The van der Waals surface area contributed by atoms with Gasteiger partial charge in [0.05, 0.1) is 6.67 Å². The molecule has 0 spiro atoms. The van der Waals surface area contributed by atoms with E-state index < -0.39 is 0 Å². The van der Waals surface area contributed by atoms with Crippen molar-refractivity contribution < 1.29 is 10.2 Å². The van der Waals surface area contributed by atoms with Crippen molar-refractivity contribution in [2.24, 2.45) is 0 Å². The summed E-state index contributed by atoms with van der Waals surface area (Å²) in [6, 6.07) is 8.36. The van der Waals surface area contributed by atoms with Gasteiger partial charge in [-0.15, -0.1) is 0 Å². The molecule has 0 saturated carbocycles. The van der Waals surface area contributed by atoms with Gasteiger partial charge in [-0.05, 0) is 67.5 Å². The molecule has 1 aliphatic rings. The molecule has 0 bridgehead atoms. The van der Waals surface area contributed by atoms with E-state index in [4.69, 9.17) is 0 Å². The number of hydrogen-bond acceptors (Lipinski definition) is 4. The Labute approximate surface area is 156 Å². The molecule has 0 aliphatic carbocycles. The third kappa shape index (κ3) is 4.19. The molecule has 0 aromatic heterocycles. The highest BCUT2D eigenvalue weighted by Crippen LogP contribution is 2.26. The summed E-state index contributed by atoms with van der Waals surface area (Å²) in [4.78, 5) is 4.93. The molecule has 26 heavy (non-hydrogen) atoms. The number of hydrogen-bond donors (Lipinski definition) is 2. The van der Waals surface area contributed by atoms with Gasteiger partial charge in [0.15, 0.2) is 0 Å². The molecule has 0 radical (unpaired) electrons.